The van der Waals surface area contributed by atoms with Crippen molar-refractivity contribution in [2.24, 2.45) is 0 Å². The number of ether oxygens (including phenoxy) is 1. The van der Waals surface area contributed by atoms with Crippen molar-refractivity contribution in [1.29, 1.82) is 0 Å². The molecule has 552 valence electrons. The second-order valence-electron chi connectivity index (χ2n) is 29.0. The Labute approximate surface area is 627 Å². The van der Waals surface area contributed by atoms with Crippen molar-refractivity contribution in [2.45, 2.75) is 96.7 Å². The van der Waals surface area contributed by atoms with Crippen LogP contribution in [-0.4, -0.2) is 185 Å². The molecule has 18 rings (SSSR count). The highest BCUT2D eigenvalue weighted by atomic mass is 16.5. The number of morpholine rings is 1. The van der Waals surface area contributed by atoms with Crippen LogP contribution in [0.4, 0.5) is 34.5 Å². The van der Waals surface area contributed by atoms with Crippen LogP contribution in [0.1, 0.15) is 125 Å². The van der Waals surface area contributed by atoms with Crippen LogP contribution in [-0.2, 0) is 24.4 Å². The van der Waals surface area contributed by atoms with Crippen LogP contribution in [0.3, 0.4) is 0 Å². The molecule has 9 aromatic heterocycles. The number of likely N-dealkylation sites (tertiary alicyclic amines) is 2. The third-order valence-electron chi connectivity index (χ3n) is 21.2. The topological polar surface area (TPSA) is 279 Å². The number of piperidine rings is 3. The number of aromatic nitrogens is 12. The summed E-state index contributed by atoms with van der Waals surface area (Å²) in [6.45, 7) is 16.9. The summed E-state index contributed by atoms with van der Waals surface area (Å²) in [7, 11) is 0. The molecule has 6 N–H and O–H groups in total. The van der Waals surface area contributed by atoms with E-state index in [1.807, 2.05) is 128 Å². The van der Waals surface area contributed by atoms with Crippen molar-refractivity contribution < 1.29 is 19.1 Å². The van der Waals surface area contributed by atoms with Gasteiger partial charge < -0.3 is 35.4 Å². The quantitative estimate of drug-likeness (QED) is 0.0466. The van der Waals surface area contributed by atoms with E-state index in [2.05, 4.69) is 124 Å². The second kappa shape index (κ2) is 33.6. The van der Waals surface area contributed by atoms with Gasteiger partial charge in [-0.15, -0.1) is 0 Å². The number of amides is 3. The first-order chi connectivity index (χ1) is 53.2. The van der Waals surface area contributed by atoms with Crippen molar-refractivity contribution in [3.63, 3.8) is 0 Å². The molecule has 0 bridgehead atoms. The van der Waals surface area contributed by atoms with Crippen molar-refractivity contribution in [3.8, 4) is 33.4 Å². The SMILES string of the molecule is O=C(Nc1ccc(N2CCCCC2)nc1)c1n[nH]c2ccc(-c3cncc(CN4CCC4)c3)cc12.O=C(Nc1ccc(N2CCCCC2)nc1)c1n[nH]c2ccc(-c3cncc(CN4CCCC4)c3)cc12.O=C(Nc1ccc(N2CCCCC2)nc1)c1n[nH]c2ccc(-c3cncc(CN4CCOCC4)c3)cc12. The number of fused-ring (bicyclic) bond motifs is 3. The number of anilines is 6. The van der Waals surface area contributed by atoms with Gasteiger partial charge in [0, 0.05) is 142 Å². The van der Waals surface area contributed by atoms with Gasteiger partial charge in [-0.1, -0.05) is 18.2 Å². The Balaban J connectivity index is 0.000000124. The van der Waals surface area contributed by atoms with Gasteiger partial charge in [0.2, 0.25) is 0 Å². The maximum atomic E-state index is 13.1. The van der Waals surface area contributed by atoms with Gasteiger partial charge in [-0.05, 0) is 228 Å². The molecule has 3 amide bonds. The fourth-order valence-corrected chi connectivity index (χ4v) is 15.2. The third kappa shape index (κ3) is 17.2. The van der Waals surface area contributed by atoms with E-state index in [4.69, 9.17) is 4.74 Å². The van der Waals surface area contributed by atoms with Gasteiger partial charge >= 0.3 is 0 Å². The average molecular weight is 1450 g/mol. The van der Waals surface area contributed by atoms with E-state index < -0.39 is 0 Å². The summed E-state index contributed by atoms with van der Waals surface area (Å²) < 4.78 is 5.46. The Bertz CT molecular complexity index is 5070. The molecule has 6 aliphatic rings. The molecule has 108 heavy (non-hydrogen) atoms. The number of benzene rings is 3. The Morgan fingerprint density at radius 3 is 0.944 bits per heavy atom. The number of hydrogen-bond acceptors (Lipinski definition) is 19. The molecule has 0 aliphatic carbocycles. The maximum Gasteiger partial charge on any atom is 0.276 e. The van der Waals surface area contributed by atoms with E-state index in [-0.39, 0.29) is 17.7 Å². The summed E-state index contributed by atoms with van der Waals surface area (Å²) >= 11 is 0. The van der Waals surface area contributed by atoms with E-state index in [9.17, 15) is 14.4 Å². The molecule has 0 atom stereocenters. The normalized spacial score (nSPS) is 16.5. The van der Waals surface area contributed by atoms with E-state index >= 15 is 0 Å². The van der Waals surface area contributed by atoms with Gasteiger partial charge in [0.15, 0.2) is 17.1 Å². The number of nitrogens with one attached hydrogen (secondary N) is 6. The number of aromatic amines is 3. The van der Waals surface area contributed by atoms with Crippen molar-refractivity contribution in [1.82, 2.24) is 75.2 Å². The molecule has 6 fully saturated rings. The molecule has 6 aliphatic heterocycles. The van der Waals surface area contributed by atoms with Crippen LogP contribution in [0.5, 0.6) is 0 Å². The third-order valence-corrected chi connectivity index (χ3v) is 21.2. The van der Waals surface area contributed by atoms with Crippen molar-refractivity contribution >= 4 is 84.9 Å². The molecule has 0 unspecified atom stereocenters. The van der Waals surface area contributed by atoms with Crippen LogP contribution < -0.4 is 30.7 Å². The maximum absolute atomic E-state index is 13.1. The van der Waals surface area contributed by atoms with Crippen LogP contribution in [0, 0.1) is 0 Å². The first-order valence-electron chi connectivity index (χ1n) is 38.3. The standard InChI is InChI=1S/C28H31N7O2.C28H31N7O.C27H29N7O/c36-28(31-23-5-7-26(30-18-23)35-8-2-1-3-9-35)27-24-15-21(4-6-25(24)32-33-27)22-14-20(16-29-17-22)19-34-10-12-37-13-11-34;36-28(31-23-7-9-26(30-18-23)35-12-2-1-3-13-35)27-24-15-21(6-8-25(24)32-33-27)22-14-20(16-29-17-22)19-34-10-4-5-11-34;35-27(30-22-6-8-25(29-17-22)34-11-2-1-3-12-34)26-23-14-20(5-7-24(23)31-32-26)21-13-19(15-28-16-21)18-33-9-4-10-33/h4-7,14-18H,1-3,8-13,19H2,(H,31,36)(H,32,33);6-9,14-18H,1-5,10-13,19H2,(H,31,36)(H,32,33);5-8,13-17H,1-4,9-12,18H2,(H,30,35)(H,31,32). The smallest absolute Gasteiger partial charge is 0.276 e. The highest BCUT2D eigenvalue weighted by Gasteiger charge is 2.24. The Morgan fingerprint density at radius 1 is 0.324 bits per heavy atom. The summed E-state index contributed by atoms with van der Waals surface area (Å²) in [6.07, 6.45) is 31.4. The lowest BCUT2D eigenvalue weighted by molar-refractivity contribution is 0.0341. The number of nitrogens with zero attached hydrogens (tertiary/aromatic N) is 15. The predicted octanol–water partition coefficient (Wildman–Crippen LogP) is 13.4. The van der Waals surface area contributed by atoms with Gasteiger partial charge in [-0.3, -0.25) is 59.3 Å². The molecule has 6 saturated heterocycles. The molecule has 25 heteroatoms. The van der Waals surface area contributed by atoms with Gasteiger partial charge in [0.25, 0.3) is 17.7 Å². The summed E-state index contributed by atoms with van der Waals surface area (Å²) in [4.78, 5) is 80.6. The lowest BCUT2D eigenvalue weighted by atomic mass is 10.0. The van der Waals surface area contributed by atoms with Gasteiger partial charge in [0.1, 0.15) is 17.5 Å². The fraction of sp³-hybridized carbons (Fsp3) is 0.349. The molecular formula is C83H91N21O4. The molecular weight excluding hydrogens is 1360 g/mol. The van der Waals surface area contributed by atoms with Gasteiger partial charge in [-0.25, -0.2) is 15.0 Å². The lowest BCUT2D eigenvalue weighted by Crippen LogP contribution is -2.36. The summed E-state index contributed by atoms with van der Waals surface area (Å²) in [5.74, 6) is 2.09. The highest BCUT2D eigenvalue weighted by Crippen LogP contribution is 2.32. The minimum atomic E-state index is -0.268. The number of hydrogen-bond donors (Lipinski definition) is 6. The number of carbonyl (C=O) groups excluding carboxylic acids is 3. The lowest BCUT2D eigenvalue weighted by Gasteiger charge is -2.30. The zero-order chi connectivity index (χ0) is 73.0. The molecule has 0 saturated carbocycles. The molecule has 0 spiro atoms. The Hall–Kier alpha value is -11.4. The zero-order valence-electron chi connectivity index (χ0n) is 60.9. The van der Waals surface area contributed by atoms with E-state index in [1.165, 1.54) is 88.2 Å². The molecule has 3 aromatic carbocycles. The largest absolute Gasteiger partial charge is 0.379 e. The van der Waals surface area contributed by atoms with E-state index in [0.717, 1.165) is 200 Å². The molecule has 0 radical (unpaired) electrons. The summed E-state index contributed by atoms with van der Waals surface area (Å²) in [6, 6.07) is 36.2. The average Bonchev–Trinajstić information content (AvgIpc) is 1.65. The minimum Gasteiger partial charge on any atom is -0.379 e. The van der Waals surface area contributed by atoms with E-state index in [1.54, 1.807) is 18.6 Å². The first kappa shape index (κ1) is 70.9. The van der Waals surface area contributed by atoms with Crippen LogP contribution in [0.25, 0.3) is 66.1 Å². The molecule has 12 aromatic rings. The number of carbonyl (C=O) groups is 3. The highest BCUT2D eigenvalue weighted by molar-refractivity contribution is 6.13. The predicted molar refractivity (Wildman–Crippen MR) is 423 cm³/mol. The number of H-pyrrole nitrogens is 3. The summed E-state index contributed by atoms with van der Waals surface area (Å²) in [5, 5.41) is 33.1. The monoisotopic (exact) mass is 1450 g/mol. The van der Waals surface area contributed by atoms with E-state index in [0.29, 0.717) is 34.1 Å². The summed E-state index contributed by atoms with van der Waals surface area (Å²) in [5.41, 5.74) is 15.2. The molecule has 25 nitrogen and oxygen atoms in total. The van der Waals surface area contributed by atoms with Gasteiger partial charge in [-0.2, -0.15) is 15.3 Å². The Morgan fingerprint density at radius 2 is 0.639 bits per heavy atom. The fourth-order valence-electron chi connectivity index (χ4n) is 15.2. The van der Waals surface area contributed by atoms with Crippen LogP contribution in [0.2, 0.25) is 0 Å². The van der Waals surface area contributed by atoms with Gasteiger partial charge in [0.05, 0.1) is 65.4 Å². The number of rotatable bonds is 18. The second-order valence-corrected chi connectivity index (χ2v) is 29.0. The Kier molecular flexibility index (Phi) is 22.1. The van der Waals surface area contributed by atoms with Crippen LogP contribution in [0.15, 0.2) is 165 Å². The zero-order valence-corrected chi connectivity index (χ0v) is 60.9. The van der Waals surface area contributed by atoms with Crippen molar-refractivity contribution in [3.05, 3.63) is 199 Å². The van der Waals surface area contributed by atoms with Crippen molar-refractivity contribution in [2.75, 3.05) is 122 Å². The van der Waals surface area contributed by atoms with Crippen LogP contribution >= 0.6 is 0 Å². The minimum absolute atomic E-state index is 0.258. The first-order valence-corrected chi connectivity index (χ1v) is 38.3. The number of pyridine rings is 6. The molecule has 15 heterocycles.